The number of halogens is 1. The second kappa shape index (κ2) is 7.00. The van der Waals surface area contributed by atoms with Crippen molar-refractivity contribution in [1.82, 2.24) is 4.90 Å². The van der Waals surface area contributed by atoms with Crippen molar-refractivity contribution in [2.24, 2.45) is 5.73 Å². The first-order valence-corrected chi connectivity index (χ1v) is 6.92. The molecule has 0 spiro atoms. The molecule has 0 radical (unpaired) electrons. The lowest BCUT2D eigenvalue weighted by Crippen LogP contribution is -2.34. The summed E-state index contributed by atoms with van der Waals surface area (Å²) >= 11 is 0. The van der Waals surface area contributed by atoms with Crippen molar-refractivity contribution in [3.05, 3.63) is 35.1 Å². The van der Waals surface area contributed by atoms with Crippen molar-refractivity contribution in [3.63, 3.8) is 0 Å². The molecule has 0 unspecified atom stereocenters. The lowest BCUT2D eigenvalue weighted by molar-refractivity contribution is -0.144. The molecule has 2 N–H and O–H groups in total. The second-order valence-electron chi connectivity index (χ2n) is 4.93. The SMILES string of the molecule is NCC#Cc1cc(F)cc(CN2C(=O)CCCCC2=O)c1. The summed E-state index contributed by atoms with van der Waals surface area (Å²) in [7, 11) is 0. The number of nitrogens with zero attached hydrogens (tertiary/aromatic N) is 1. The summed E-state index contributed by atoms with van der Waals surface area (Å²) in [6, 6.07) is 4.30. The van der Waals surface area contributed by atoms with E-state index in [1.54, 1.807) is 6.07 Å². The molecule has 1 aromatic carbocycles. The van der Waals surface area contributed by atoms with Crippen LogP contribution in [-0.2, 0) is 16.1 Å². The van der Waals surface area contributed by atoms with Crippen LogP contribution in [-0.4, -0.2) is 23.3 Å². The van der Waals surface area contributed by atoms with Crippen molar-refractivity contribution >= 4 is 11.8 Å². The number of rotatable bonds is 2. The molecule has 0 aromatic heterocycles. The fraction of sp³-hybridized carbons (Fsp3) is 0.375. The molecule has 21 heavy (non-hydrogen) atoms. The summed E-state index contributed by atoms with van der Waals surface area (Å²) < 4.78 is 13.6. The van der Waals surface area contributed by atoms with E-state index in [0.717, 1.165) is 12.8 Å². The third-order valence-corrected chi connectivity index (χ3v) is 3.27. The number of carbonyl (C=O) groups excluding carboxylic acids is 2. The van der Waals surface area contributed by atoms with E-state index in [0.29, 0.717) is 24.0 Å². The Morgan fingerprint density at radius 1 is 1.14 bits per heavy atom. The summed E-state index contributed by atoms with van der Waals surface area (Å²) in [5.74, 6) is 4.57. The first-order valence-electron chi connectivity index (χ1n) is 6.92. The average molecular weight is 288 g/mol. The third-order valence-electron chi connectivity index (χ3n) is 3.27. The van der Waals surface area contributed by atoms with Gasteiger partial charge in [0.1, 0.15) is 5.82 Å². The Morgan fingerprint density at radius 3 is 2.43 bits per heavy atom. The van der Waals surface area contributed by atoms with E-state index in [1.165, 1.54) is 17.0 Å². The van der Waals surface area contributed by atoms with Crippen LogP contribution < -0.4 is 5.73 Å². The summed E-state index contributed by atoms with van der Waals surface area (Å²) in [5, 5.41) is 0. The van der Waals surface area contributed by atoms with Crippen molar-refractivity contribution < 1.29 is 14.0 Å². The highest BCUT2D eigenvalue weighted by Crippen LogP contribution is 2.17. The predicted octanol–water partition coefficient (Wildman–Crippen LogP) is 1.57. The molecule has 110 valence electrons. The highest BCUT2D eigenvalue weighted by molar-refractivity contribution is 5.95. The van der Waals surface area contributed by atoms with Crippen molar-refractivity contribution in [2.45, 2.75) is 32.2 Å². The predicted molar refractivity (Wildman–Crippen MR) is 76.4 cm³/mol. The monoisotopic (exact) mass is 288 g/mol. The van der Waals surface area contributed by atoms with Crippen LogP contribution in [0.3, 0.4) is 0 Å². The Balaban J connectivity index is 2.23. The van der Waals surface area contributed by atoms with Crippen molar-refractivity contribution in [3.8, 4) is 11.8 Å². The Kier molecular flexibility index (Phi) is 5.07. The molecule has 0 bridgehead atoms. The zero-order chi connectivity index (χ0) is 15.2. The lowest BCUT2D eigenvalue weighted by Gasteiger charge is -2.18. The molecular weight excluding hydrogens is 271 g/mol. The van der Waals surface area contributed by atoms with Gasteiger partial charge in [-0.05, 0) is 36.6 Å². The van der Waals surface area contributed by atoms with E-state index in [9.17, 15) is 14.0 Å². The molecular formula is C16H17FN2O2. The molecule has 0 aliphatic carbocycles. The zero-order valence-electron chi connectivity index (χ0n) is 11.7. The van der Waals surface area contributed by atoms with Crippen molar-refractivity contribution in [2.75, 3.05) is 6.54 Å². The van der Waals surface area contributed by atoms with Gasteiger partial charge in [0.15, 0.2) is 0 Å². The van der Waals surface area contributed by atoms with Gasteiger partial charge in [0.25, 0.3) is 0 Å². The van der Waals surface area contributed by atoms with E-state index in [4.69, 9.17) is 5.73 Å². The number of carbonyl (C=O) groups is 2. The number of imide groups is 1. The summed E-state index contributed by atoms with van der Waals surface area (Å²) in [6.07, 6.45) is 2.16. The fourth-order valence-corrected chi connectivity index (χ4v) is 2.29. The van der Waals surface area contributed by atoms with Gasteiger partial charge in [-0.2, -0.15) is 0 Å². The van der Waals surface area contributed by atoms with Gasteiger partial charge in [-0.15, -0.1) is 0 Å². The van der Waals surface area contributed by atoms with Crippen LogP contribution >= 0.6 is 0 Å². The van der Waals surface area contributed by atoms with E-state index in [1.807, 2.05) is 0 Å². The molecule has 1 aliphatic rings. The van der Waals surface area contributed by atoms with E-state index in [-0.39, 0.29) is 24.9 Å². The maximum atomic E-state index is 13.6. The Labute approximate surface area is 123 Å². The van der Waals surface area contributed by atoms with Crippen molar-refractivity contribution in [1.29, 1.82) is 0 Å². The van der Waals surface area contributed by atoms with Crippen LogP contribution in [0.5, 0.6) is 0 Å². The molecule has 1 saturated heterocycles. The molecule has 0 saturated carbocycles. The molecule has 0 atom stereocenters. The largest absolute Gasteiger partial charge is 0.320 e. The van der Waals surface area contributed by atoms with Gasteiger partial charge in [-0.25, -0.2) is 4.39 Å². The van der Waals surface area contributed by atoms with E-state index in [2.05, 4.69) is 11.8 Å². The number of hydrogen-bond acceptors (Lipinski definition) is 3. The quantitative estimate of drug-likeness (QED) is 0.663. The van der Waals surface area contributed by atoms with E-state index >= 15 is 0 Å². The number of benzene rings is 1. The van der Waals surface area contributed by atoms with Crippen LogP contribution in [0.25, 0.3) is 0 Å². The highest BCUT2D eigenvalue weighted by Gasteiger charge is 2.24. The van der Waals surface area contributed by atoms with Gasteiger partial charge in [0.05, 0.1) is 13.1 Å². The summed E-state index contributed by atoms with van der Waals surface area (Å²) in [4.78, 5) is 25.1. The minimum Gasteiger partial charge on any atom is -0.320 e. The standard InChI is InChI=1S/C16H17FN2O2/c17-14-9-12(4-3-7-18)8-13(10-14)11-19-15(20)5-1-2-6-16(19)21/h8-10H,1-2,5-7,11,18H2. The maximum Gasteiger partial charge on any atom is 0.229 e. The van der Waals surface area contributed by atoms with Gasteiger partial charge in [0.2, 0.25) is 11.8 Å². The van der Waals surface area contributed by atoms with E-state index < -0.39 is 5.82 Å². The van der Waals surface area contributed by atoms with Crippen LogP contribution in [0.1, 0.15) is 36.8 Å². The number of likely N-dealkylation sites (tertiary alicyclic amines) is 1. The Hall–Kier alpha value is -2.19. The number of nitrogens with two attached hydrogens (primary N) is 1. The smallest absolute Gasteiger partial charge is 0.229 e. The average Bonchev–Trinajstić information content (AvgIpc) is 2.60. The minimum absolute atomic E-state index is 0.0900. The van der Waals surface area contributed by atoms with Crippen LogP contribution in [0.4, 0.5) is 4.39 Å². The van der Waals surface area contributed by atoms with Crippen LogP contribution in [0, 0.1) is 17.7 Å². The maximum absolute atomic E-state index is 13.6. The fourth-order valence-electron chi connectivity index (χ4n) is 2.29. The highest BCUT2D eigenvalue weighted by atomic mass is 19.1. The summed E-state index contributed by atoms with van der Waals surface area (Å²) in [6.45, 7) is 0.279. The Morgan fingerprint density at radius 2 is 1.81 bits per heavy atom. The summed E-state index contributed by atoms with van der Waals surface area (Å²) in [5.41, 5.74) is 6.34. The first kappa shape index (κ1) is 15.2. The van der Waals surface area contributed by atoms with Crippen LogP contribution in [0.15, 0.2) is 18.2 Å². The van der Waals surface area contributed by atoms with Gasteiger partial charge >= 0.3 is 0 Å². The van der Waals surface area contributed by atoms with Gasteiger partial charge in [-0.1, -0.05) is 11.8 Å². The normalized spacial score (nSPS) is 15.4. The van der Waals surface area contributed by atoms with Gasteiger partial charge in [0, 0.05) is 18.4 Å². The number of hydrogen-bond donors (Lipinski definition) is 1. The molecule has 1 aromatic rings. The molecule has 4 nitrogen and oxygen atoms in total. The molecule has 2 rings (SSSR count). The van der Waals surface area contributed by atoms with Crippen LogP contribution in [0.2, 0.25) is 0 Å². The third kappa shape index (κ3) is 4.14. The molecule has 1 fully saturated rings. The molecule has 5 heteroatoms. The van der Waals surface area contributed by atoms with Gasteiger partial charge in [-0.3, -0.25) is 14.5 Å². The first-order chi connectivity index (χ1) is 10.1. The lowest BCUT2D eigenvalue weighted by atomic mass is 10.1. The topological polar surface area (TPSA) is 63.4 Å². The zero-order valence-corrected chi connectivity index (χ0v) is 11.7. The molecule has 2 amide bonds. The molecule has 1 heterocycles. The number of amides is 2. The van der Waals surface area contributed by atoms with Gasteiger partial charge < -0.3 is 5.73 Å². The minimum atomic E-state index is -0.441. The molecule has 1 aliphatic heterocycles. The second-order valence-corrected chi connectivity index (χ2v) is 4.93. The Bertz CT molecular complexity index is 598.